The largest absolute Gasteiger partial charge is 0.484 e. The number of likely N-dealkylation sites (tertiary alicyclic amines) is 1. The standard InChI is InChI=1S/C25H26N2O3/c28-24(18-30-23-13-12-19-8-3-4-9-20(19)17-23)26-22-11-7-10-21(16-22)25(29)27-14-5-1-2-6-15-27/h3-4,7-13,16-17H,1-2,5-6,14-15,18H2,(H,26,28). The summed E-state index contributed by atoms with van der Waals surface area (Å²) in [4.78, 5) is 27.1. The number of carbonyl (C=O) groups is 2. The summed E-state index contributed by atoms with van der Waals surface area (Å²) in [5, 5.41) is 5.02. The predicted molar refractivity (Wildman–Crippen MR) is 119 cm³/mol. The summed E-state index contributed by atoms with van der Waals surface area (Å²) < 4.78 is 5.65. The van der Waals surface area contributed by atoms with Crippen LogP contribution in [0.5, 0.6) is 5.75 Å². The Bertz CT molecular complexity index is 1040. The third-order valence-electron chi connectivity index (χ3n) is 5.38. The Kier molecular flexibility index (Phi) is 6.28. The third-order valence-corrected chi connectivity index (χ3v) is 5.38. The van der Waals surface area contributed by atoms with Gasteiger partial charge in [0, 0.05) is 24.3 Å². The molecule has 30 heavy (non-hydrogen) atoms. The summed E-state index contributed by atoms with van der Waals surface area (Å²) in [6.07, 6.45) is 4.46. The molecule has 0 radical (unpaired) electrons. The monoisotopic (exact) mass is 402 g/mol. The first-order valence-electron chi connectivity index (χ1n) is 10.5. The molecule has 0 bridgehead atoms. The first-order chi connectivity index (χ1) is 14.7. The van der Waals surface area contributed by atoms with E-state index in [0.717, 1.165) is 36.7 Å². The quantitative estimate of drug-likeness (QED) is 0.662. The van der Waals surface area contributed by atoms with Crippen molar-refractivity contribution in [3.05, 3.63) is 72.3 Å². The van der Waals surface area contributed by atoms with Crippen molar-refractivity contribution in [1.82, 2.24) is 4.90 Å². The Morgan fingerprint density at radius 1 is 0.833 bits per heavy atom. The van der Waals surface area contributed by atoms with Crippen molar-refractivity contribution < 1.29 is 14.3 Å². The fraction of sp³-hybridized carbons (Fsp3) is 0.280. The molecule has 0 atom stereocenters. The number of benzene rings is 3. The van der Waals surface area contributed by atoms with Crippen molar-refractivity contribution in [2.45, 2.75) is 25.7 Å². The highest BCUT2D eigenvalue weighted by Gasteiger charge is 2.17. The fourth-order valence-electron chi connectivity index (χ4n) is 3.79. The first-order valence-corrected chi connectivity index (χ1v) is 10.5. The zero-order chi connectivity index (χ0) is 20.8. The van der Waals surface area contributed by atoms with Crippen molar-refractivity contribution >= 4 is 28.3 Å². The highest BCUT2D eigenvalue weighted by atomic mass is 16.5. The molecule has 0 saturated carbocycles. The highest BCUT2D eigenvalue weighted by Crippen LogP contribution is 2.21. The van der Waals surface area contributed by atoms with Crippen LogP contribution in [0, 0.1) is 0 Å². The molecular weight excluding hydrogens is 376 g/mol. The summed E-state index contributed by atoms with van der Waals surface area (Å²) in [7, 11) is 0. The average molecular weight is 402 g/mol. The van der Waals surface area contributed by atoms with Crippen LogP contribution in [0.1, 0.15) is 36.0 Å². The highest BCUT2D eigenvalue weighted by molar-refractivity contribution is 5.97. The minimum Gasteiger partial charge on any atom is -0.484 e. The number of ether oxygens (including phenoxy) is 1. The maximum absolute atomic E-state index is 12.8. The summed E-state index contributed by atoms with van der Waals surface area (Å²) in [5.41, 5.74) is 1.20. The Morgan fingerprint density at radius 2 is 1.60 bits per heavy atom. The van der Waals surface area contributed by atoms with Gasteiger partial charge in [-0.2, -0.15) is 0 Å². The van der Waals surface area contributed by atoms with E-state index in [9.17, 15) is 9.59 Å². The van der Waals surface area contributed by atoms with Crippen molar-refractivity contribution in [2.75, 3.05) is 25.0 Å². The molecule has 154 valence electrons. The molecule has 4 rings (SSSR count). The number of hydrogen-bond acceptors (Lipinski definition) is 3. The second-order valence-corrected chi connectivity index (χ2v) is 7.63. The lowest BCUT2D eigenvalue weighted by Crippen LogP contribution is -2.31. The molecule has 5 heteroatoms. The number of hydrogen-bond donors (Lipinski definition) is 1. The average Bonchev–Trinajstić information content (AvgIpc) is 3.07. The molecule has 3 aromatic carbocycles. The lowest BCUT2D eigenvalue weighted by atomic mass is 10.1. The molecule has 5 nitrogen and oxygen atoms in total. The fourth-order valence-corrected chi connectivity index (χ4v) is 3.79. The summed E-state index contributed by atoms with van der Waals surface area (Å²) in [5.74, 6) is 0.414. The number of carbonyl (C=O) groups excluding carboxylic acids is 2. The second-order valence-electron chi connectivity index (χ2n) is 7.63. The van der Waals surface area contributed by atoms with Gasteiger partial charge in [-0.25, -0.2) is 0 Å². The molecule has 1 aliphatic rings. The van der Waals surface area contributed by atoms with E-state index >= 15 is 0 Å². The lowest BCUT2D eigenvalue weighted by Gasteiger charge is -2.20. The van der Waals surface area contributed by atoms with Crippen LogP contribution < -0.4 is 10.1 Å². The Morgan fingerprint density at radius 3 is 2.40 bits per heavy atom. The van der Waals surface area contributed by atoms with Gasteiger partial charge < -0.3 is 15.0 Å². The van der Waals surface area contributed by atoms with Crippen LogP contribution in [0.4, 0.5) is 5.69 Å². The SMILES string of the molecule is O=C(COc1ccc2ccccc2c1)Nc1cccc(C(=O)N2CCCCCC2)c1. The van der Waals surface area contributed by atoms with E-state index in [1.807, 2.05) is 47.4 Å². The zero-order valence-electron chi connectivity index (χ0n) is 17.0. The minimum atomic E-state index is -0.262. The van der Waals surface area contributed by atoms with Crippen LogP contribution in [0.2, 0.25) is 0 Å². The Hall–Kier alpha value is -3.34. The van der Waals surface area contributed by atoms with Crippen molar-refractivity contribution in [1.29, 1.82) is 0 Å². The van der Waals surface area contributed by atoms with E-state index in [1.165, 1.54) is 12.8 Å². The maximum Gasteiger partial charge on any atom is 0.262 e. The van der Waals surface area contributed by atoms with Gasteiger partial charge in [-0.1, -0.05) is 49.2 Å². The summed E-state index contributed by atoms with van der Waals surface area (Å²) in [6.45, 7) is 1.51. The van der Waals surface area contributed by atoms with Gasteiger partial charge in [0.25, 0.3) is 11.8 Å². The van der Waals surface area contributed by atoms with Gasteiger partial charge >= 0.3 is 0 Å². The normalized spacial score (nSPS) is 14.2. The molecule has 3 aromatic rings. The van der Waals surface area contributed by atoms with Gasteiger partial charge in [-0.15, -0.1) is 0 Å². The van der Waals surface area contributed by atoms with Gasteiger partial charge in [-0.3, -0.25) is 9.59 Å². The molecule has 0 aromatic heterocycles. The van der Waals surface area contributed by atoms with Crippen molar-refractivity contribution in [3.63, 3.8) is 0 Å². The third kappa shape index (κ3) is 4.98. The molecule has 1 N–H and O–H groups in total. The van der Waals surface area contributed by atoms with Crippen molar-refractivity contribution in [2.24, 2.45) is 0 Å². The number of nitrogens with zero attached hydrogens (tertiary/aromatic N) is 1. The van der Waals surface area contributed by atoms with Crippen LogP contribution in [0.3, 0.4) is 0 Å². The number of fused-ring (bicyclic) bond motifs is 1. The van der Waals surface area contributed by atoms with E-state index < -0.39 is 0 Å². The number of amides is 2. The number of anilines is 1. The van der Waals surface area contributed by atoms with E-state index in [-0.39, 0.29) is 18.4 Å². The van der Waals surface area contributed by atoms with Gasteiger partial charge in [0.05, 0.1) is 0 Å². The molecule has 0 spiro atoms. The van der Waals surface area contributed by atoms with Gasteiger partial charge in [-0.05, 0) is 53.9 Å². The van der Waals surface area contributed by atoms with E-state index in [4.69, 9.17) is 4.74 Å². The summed E-state index contributed by atoms with van der Waals surface area (Å²) >= 11 is 0. The second kappa shape index (κ2) is 9.44. The molecule has 1 aliphatic heterocycles. The zero-order valence-corrected chi connectivity index (χ0v) is 17.0. The Balaban J connectivity index is 1.35. The topological polar surface area (TPSA) is 58.6 Å². The van der Waals surface area contributed by atoms with Gasteiger partial charge in [0.15, 0.2) is 6.61 Å². The number of nitrogens with one attached hydrogen (secondary N) is 1. The van der Waals surface area contributed by atoms with Crippen LogP contribution >= 0.6 is 0 Å². The molecule has 1 heterocycles. The van der Waals surface area contributed by atoms with Crippen LogP contribution in [0.15, 0.2) is 66.7 Å². The first kappa shape index (κ1) is 20.0. The summed E-state index contributed by atoms with van der Waals surface area (Å²) in [6, 6.07) is 20.9. The molecular formula is C25H26N2O3. The predicted octanol–water partition coefficient (Wildman–Crippen LogP) is 4.87. The molecule has 1 saturated heterocycles. The molecule has 2 amide bonds. The molecule has 0 unspecified atom stereocenters. The van der Waals surface area contributed by atoms with E-state index in [2.05, 4.69) is 5.32 Å². The van der Waals surface area contributed by atoms with Crippen LogP contribution in [-0.4, -0.2) is 36.4 Å². The smallest absolute Gasteiger partial charge is 0.262 e. The van der Waals surface area contributed by atoms with Crippen LogP contribution in [-0.2, 0) is 4.79 Å². The van der Waals surface area contributed by atoms with E-state index in [0.29, 0.717) is 17.0 Å². The Labute approximate surface area is 176 Å². The van der Waals surface area contributed by atoms with Crippen molar-refractivity contribution in [3.8, 4) is 5.75 Å². The van der Waals surface area contributed by atoms with Crippen LogP contribution in [0.25, 0.3) is 10.8 Å². The minimum absolute atomic E-state index is 0.0282. The van der Waals surface area contributed by atoms with Gasteiger partial charge in [0.1, 0.15) is 5.75 Å². The van der Waals surface area contributed by atoms with Gasteiger partial charge in [0.2, 0.25) is 0 Å². The van der Waals surface area contributed by atoms with E-state index in [1.54, 1.807) is 24.3 Å². The number of rotatable bonds is 5. The lowest BCUT2D eigenvalue weighted by molar-refractivity contribution is -0.118. The maximum atomic E-state index is 12.8. The molecule has 0 aliphatic carbocycles. The molecule has 1 fully saturated rings.